The second-order valence-electron chi connectivity index (χ2n) is 8.65. The van der Waals surface area contributed by atoms with Crippen LogP contribution in [0.3, 0.4) is 0 Å². The Morgan fingerprint density at radius 3 is 2.30 bits per heavy atom. The fourth-order valence-corrected chi connectivity index (χ4v) is 5.54. The minimum atomic E-state index is -4.88. The van der Waals surface area contributed by atoms with Crippen LogP contribution in [0.5, 0.6) is 5.75 Å². The monoisotopic (exact) mass is 597 g/mol. The van der Waals surface area contributed by atoms with Crippen LogP contribution in [0.4, 0.5) is 18.9 Å². The van der Waals surface area contributed by atoms with Crippen LogP contribution in [0.25, 0.3) is 0 Å². The number of carbonyl (C=O) groups excluding carboxylic acids is 2. The van der Waals surface area contributed by atoms with Gasteiger partial charge in [-0.25, -0.2) is 8.42 Å². The molecule has 40 heavy (non-hydrogen) atoms. The Morgan fingerprint density at radius 2 is 1.70 bits per heavy atom. The number of rotatable bonds is 10. The summed E-state index contributed by atoms with van der Waals surface area (Å²) < 4.78 is 74.1. The number of benzene rings is 3. The maximum absolute atomic E-state index is 13.7. The zero-order chi connectivity index (χ0) is 29.7. The van der Waals surface area contributed by atoms with Gasteiger partial charge in [-0.15, -0.1) is 0 Å². The van der Waals surface area contributed by atoms with Gasteiger partial charge in [-0.05, 0) is 55.0 Å². The number of anilines is 1. The largest absolute Gasteiger partial charge is 0.497 e. The lowest BCUT2D eigenvalue weighted by atomic mass is 10.1. The van der Waals surface area contributed by atoms with Crippen LogP contribution in [0.2, 0.25) is 5.02 Å². The number of methoxy groups -OCH3 is 1. The molecule has 0 spiro atoms. The Bertz CT molecular complexity index is 1470. The van der Waals surface area contributed by atoms with Gasteiger partial charge in [0, 0.05) is 13.6 Å². The fourth-order valence-electron chi connectivity index (χ4n) is 3.89. The normalized spacial score (nSPS) is 12.4. The van der Waals surface area contributed by atoms with E-state index in [0.29, 0.717) is 21.7 Å². The Hall–Kier alpha value is -3.77. The van der Waals surface area contributed by atoms with Crippen molar-refractivity contribution < 1.29 is 35.9 Å². The molecule has 3 aromatic carbocycles. The molecule has 0 aliphatic carbocycles. The molecule has 0 aliphatic heterocycles. The molecule has 214 valence electrons. The summed E-state index contributed by atoms with van der Waals surface area (Å²) in [6, 6.07) is 15.2. The van der Waals surface area contributed by atoms with Crippen molar-refractivity contribution in [3.63, 3.8) is 0 Å². The third-order valence-corrected chi connectivity index (χ3v) is 8.17. The summed E-state index contributed by atoms with van der Waals surface area (Å²) in [6.45, 7) is 0.441. The van der Waals surface area contributed by atoms with Gasteiger partial charge in [0.1, 0.15) is 18.3 Å². The van der Waals surface area contributed by atoms with Gasteiger partial charge >= 0.3 is 6.18 Å². The first-order valence-corrected chi connectivity index (χ1v) is 13.7. The predicted octanol–water partition coefficient (Wildman–Crippen LogP) is 4.73. The van der Waals surface area contributed by atoms with Crippen molar-refractivity contribution in [2.24, 2.45) is 0 Å². The molecule has 0 aliphatic rings. The van der Waals surface area contributed by atoms with E-state index in [-0.39, 0.29) is 11.4 Å². The number of halogens is 4. The standard InChI is InChI=1S/C27H27ClF3N3O5S/c1-18(26(36)32-2)33(16-19-8-7-9-21(14-19)39-3)25(35)17-34(40(37,38)22-10-5-4-6-11-22)20-12-13-24(28)23(15-20)27(29,30)31/h4-15,18H,16-17H2,1-3H3,(H,32,36)/t18-/m0/s1. The molecule has 13 heteroatoms. The van der Waals surface area contributed by atoms with Gasteiger partial charge in [0.2, 0.25) is 11.8 Å². The van der Waals surface area contributed by atoms with Crippen LogP contribution in [-0.2, 0) is 32.3 Å². The lowest BCUT2D eigenvalue weighted by Gasteiger charge is -2.32. The van der Waals surface area contributed by atoms with Crippen molar-refractivity contribution in [1.29, 1.82) is 0 Å². The quantitative estimate of drug-likeness (QED) is 0.365. The molecule has 0 aromatic heterocycles. The molecule has 0 fully saturated rings. The molecule has 0 saturated carbocycles. The fraction of sp³-hybridized carbons (Fsp3) is 0.259. The molecule has 3 rings (SSSR count). The first-order valence-electron chi connectivity index (χ1n) is 11.9. The first kappa shape index (κ1) is 30.8. The molecule has 0 heterocycles. The molecule has 0 unspecified atom stereocenters. The van der Waals surface area contributed by atoms with Crippen LogP contribution in [0.1, 0.15) is 18.1 Å². The maximum Gasteiger partial charge on any atom is 0.417 e. The van der Waals surface area contributed by atoms with Crippen molar-refractivity contribution in [2.75, 3.05) is 25.0 Å². The summed E-state index contributed by atoms with van der Waals surface area (Å²) in [6.07, 6.45) is -4.88. The van der Waals surface area contributed by atoms with Gasteiger partial charge in [0.15, 0.2) is 0 Å². The Morgan fingerprint density at radius 1 is 1.02 bits per heavy atom. The number of alkyl halides is 3. The third-order valence-electron chi connectivity index (χ3n) is 6.05. The topological polar surface area (TPSA) is 96.0 Å². The van der Waals surface area contributed by atoms with E-state index >= 15 is 0 Å². The second-order valence-corrected chi connectivity index (χ2v) is 10.9. The van der Waals surface area contributed by atoms with Crippen molar-refractivity contribution in [2.45, 2.75) is 30.6 Å². The number of hydrogen-bond acceptors (Lipinski definition) is 5. The molecule has 0 radical (unpaired) electrons. The van der Waals surface area contributed by atoms with E-state index < -0.39 is 56.9 Å². The highest BCUT2D eigenvalue weighted by Gasteiger charge is 2.36. The SMILES string of the molecule is CNC(=O)[C@H](C)N(Cc1cccc(OC)c1)C(=O)CN(c1ccc(Cl)c(C(F)(F)F)c1)S(=O)(=O)c1ccccc1. The minimum absolute atomic E-state index is 0.113. The van der Waals surface area contributed by atoms with Crippen LogP contribution >= 0.6 is 11.6 Å². The smallest absolute Gasteiger partial charge is 0.417 e. The maximum atomic E-state index is 13.7. The van der Waals surface area contributed by atoms with Gasteiger partial charge in [0.05, 0.1) is 28.3 Å². The van der Waals surface area contributed by atoms with Crippen LogP contribution in [0, 0.1) is 0 Å². The average molecular weight is 598 g/mol. The number of carbonyl (C=O) groups is 2. The summed E-state index contributed by atoms with van der Waals surface area (Å²) in [7, 11) is -1.70. The van der Waals surface area contributed by atoms with E-state index in [1.165, 1.54) is 45.3 Å². The van der Waals surface area contributed by atoms with Gasteiger partial charge in [-0.3, -0.25) is 13.9 Å². The van der Waals surface area contributed by atoms with Gasteiger partial charge in [0.25, 0.3) is 10.0 Å². The molecule has 8 nitrogen and oxygen atoms in total. The number of ether oxygens (including phenoxy) is 1. The van der Waals surface area contributed by atoms with Crippen molar-refractivity contribution in [1.82, 2.24) is 10.2 Å². The molecular weight excluding hydrogens is 571 g/mol. The Balaban J connectivity index is 2.11. The van der Waals surface area contributed by atoms with Crippen molar-refractivity contribution in [3.8, 4) is 5.75 Å². The van der Waals surface area contributed by atoms with Crippen LogP contribution in [-0.4, -0.2) is 51.9 Å². The number of nitrogens with one attached hydrogen (secondary N) is 1. The number of nitrogens with zero attached hydrogens (tertiary/aromatic N) is 2. The predicted molar refractivity (Wildman–Crippen MR) is 145 cm³/mol. The summed E-state index contributed by atoms with van der Waals surface area (Å²) in [5, 5.41) is 1.82. The zero-order valence-corrected chi connectivity index (χ0v) is 23.3. The van der Waals surface area contributed by atoms with E-state index in [4.69, 9.17) is 16.3 Å². The molecular formula is C27H27ClF3N3O5S. The summed E-state index contributed by atoms with van der Waals surface area (Å²) >= 11 is 5.76. The number of likely N-dealkylation sites (N-methyl/N-ethyl adjacent to an activating group) is 1. The Kier molecular flexibility index (Phi) is 9.69. The number of sulfonamides is 1. The van der Waals surface area contributed by atoms with E-state index in [1.807, 2.05) is 0 Å². The third kappa shape index (κ3) is 7.05. The van der Waals surface area contributed by atoms with Crippen molar-refractivity contribution >= 4 is 39.1 Å². The van der Waals surface area contributed by atoms with Crippen LogP contribution in [0.15, 0.2) is 77.7 Å². The van der Waals surface area contributed by atoms with E-state index in [1.54, 1.807) is 30.3 Å². The van der Waals surface area contributed by atoms with Gasteiger partial charge in [-0.2, -0.15) is 13.2 Å². The molecule has 1 atom stereocenters. The highest BCUT2D eigenvalue weighted by Crippen LogP contribution is 2.38. The molecule has 2 amide bonds. The average Bonchev–Trinajstić information content (AvgIpc) is 2.94. The summed E-state index contributed by atoms with van der Waals surface area (Å²) in [5.41, 5.74) is -1.12. The van der Waals surface area contributed by atoms with E-state index in [0.717, 1.165) is 17.0 Å². The molecule has 0 bridgehead atoms. The zero-order valence-electron chi connectivity index (χ0n) is 21.8. The summed E-state index contributed by atoms with van der Waals surface area (Å²) in [4.78, 5) is 27.2. The Labute approximate surface area is 235 Å². The minimum Gasteiger partial charge on any atom is -0.497 e. The lowest BCUT2D eigenvalue weighted by Crippen LogP contribution is -2.50. The summed E-state index contributed by atoms with van der Waals surface area (Å²) in [5.74, 6) is -0.867. The number of amides is 2. The van der Waals surface area contributed by atoms with E-state index in [2.05, 4.69) is 5.32 Å². The second kappa shape index (κ2) is 12.6. The lowest BCUT2D eigenvalue weighted by molar-refractivity contribution is -0.139. The van der Waals surface area contributed by atoms with E-state index in [9.17, 15) is 31.2 Å². The number of hydrogen-bond donors (Lipinski definition) is 1. The first-order chi connectivity index (χ1) is 18.8. The molecule has 0 saturated heterocycles. The van der Waals surface area contributed by atoms with Gasteiger partial charge in [-0.1, -0.05) is 41.9 Å². The molecule has 3 aromatic rings. The highest BCUT2D eigenvalue weighted by molar-refractivity contribution is 7.92. The van der Waals surface area contributed by atoms with Crippen molar-refractivity contribution in [3.05, 3.63) is 88.9 Å². The van der Waals surface area contributed by atoms with Gasteiger partial charge < -0.3 is 15.0 Å². The highest BCUT2D eigenvalue weighted by atomic mass is 35.5. The van der Waals surface area contributed by atoms with Crippen LogP contribution < -0.4 is 14.4 Å². The molecule has 1 N–H and O–H groups in total.